The van der Waals surface area contributed by atoms with Gasteiger partial charge in [-0.3, -0.25) is 4.79 Å². The summed E-state index contributed by atoms with van der Waals surface area (Å²) in [5.41, 5.74) is 0.546. The molecular formula is C14H15N5O2S. The maximum absolute atomic E-state index is 11.5. The van der Waals surface area contributed by atoms with Gasteiger partial charge in [-0.1, -0.05) is 11.8 Å². The van der Waals surface area contributed by atoms with E-state index in [4.69, 9.17) is 4.42 Å². The molecular weight excluding hydrogens is 302 g/mol. The predicted octanol–water partition coefficient (Wildman–Crippen LogP) is 2.32. The zero-order valence-electron chi connectivity index (χ0n) is 12.4. The van der Waals surface area contributed by atoms with Crippen LogP contribution in [0, 0.1) is 6.92 Å². The normalized spacial score (nSPS) is 12.5. The van der Waals surface area contributed by atoms with E-state index in [1.54, 1.807) is 19.3 Å². The summed E-state index contributed by atoms with van der Waals surface area (Å²) in [5, 5.41) is 8.99. The number of hydrogen-bond donors (Lipinski definition) is 1. The van der Waals surface area contributed by atoms with E-state index in [-0.39, 0.29) is 10.8 Å². The number of furan rings is 1. The number of nitrogens with one attached hydrogen (secondary N) is 1. The highest BCUT2D eigenvalue weighted by Gasteiger charge is 2.18. The molecule has 1 N–H and O–H groups in total. The third-order valence-electron chi connectivity index (χ3n) is 3.13. The SMILES string of the molecule is Cc1cc(=O)[nH]c(C(C)Sc2nnc(-c3ccco3)n2C)n1. The minimum Gasteiger partial charge on any atom is -0.461 e. The molecule has 0 aromatic carbocycles. The summed E-state index contributed by atoms with van der Waals surface area (Å²) in [4.78, 5) is 18.7. The molecule has 3 aromatic rings. The van der Waals surface area contributed by atoms with E-state index < -0.39 is 0 Å². The van der Waals surface area contributed by atoms with Crippen molar-refractivity contribution >= 4 is 11.8 Å². The lowest BCUT2D eigenvalue weighted by molar-refractivity contribution is 0.572. The number of aryl methyl sites for hydroxylation is 1. The number of nitrogens with zero attached hydrogens (tertiary/aromatic N) is 4. The monoisotopic (exact) mass is 317 g/mol. The first-order valence-corrected chi connectivity index (χ1v) is 7.60. The summed E-state index contributed by atoms with van der Waals surface area (Å²) in [6.07, 6.45) is 1.60. The molecule has 8 heteroatoms. The van der Waals surface area contributed by atoms with Crippen LogP contribution in [-0.2, 0) is 7.05 Å². The first-order valence-electron chi connectivity index (χ1n) is 6.72. The first kappa shape index (κ1) is 14.6. The molecule has 0 saturated carbocycles. The molecule has 1 unspecified atom stereocenters. The topological polar surface area (TPSA) is 89.6 Å². The Morgan fingerprint density at radius 2 is 2.23 bits per heavy atom. The Balaban J connectivity index is 1.85. The number of aromatic amines is 1. The summed E-state index contributed by atoms with van der Waals surface area (Å²) < 4.78 is 7.20. The van der Waals surface area contributed by atoms with Gasteiger partial charge in [-0.25, -0.2) is 4.98 Å². The van der Waals surface area contributed by atoms with Gasteiger partial charge in [0.1, 0.15) is 5.82 Å². The highest BCUT2D eigenvalue weighted by molar-refractivity contribution is 7.99. The van der Waals surface area contributed by atoms with Gasteiger partial charge in [0, 0.05) is 18.8 Å². The molecule has 0 spiro atoms. The average Bonchev–Trinajstić information content (AvgIpc) is 3.08. The second-order valence-electron chi connectivity index (χ2n) is 4.87. The molecule has 3 aromatic heterocycles. The molecule has 3 rings (SSSR count). The molecule has 114 valence electrons. The summed E-state index contributed by atoms with van der Waals surface area (Å²) >= 11 is 1.47. The van der Waals surface area contributed by atoms with Crippen molar-refractivity contribution in [3.05, 3.63) is 46.3 Å². The van der Waals surface area contributed by atoms with Crippen LogP contribution in [0.15, 0.2) is 38.8 Å². The average molecular weight is 317 g/mol. The minimum atomic E-state index is -0.149. The quantitative estimate of drug-likeness (QED) is 0.743. The lowest BCUT2D eigenvalue weighted by atomic mass is 10.4. The number of aromatic nitrogens is 5. The molecule has 22 heavy (non-hydrogen) atoms. The zero-order valence-corrected chi connectivity index (χ0v) is 13.2. The van der Waals surface area contributed by atoms with Crippen LogP contribution in [0.3, 0.4) is 0 Å². The van der Waals surface area contributed by atoms with Gasteiger partial charge in [-0.2, -0.15) is 0 Å². The Hall–Kier alpha value is -2.35. The van der Waals surface area contributed by atoms with Crippen molar-refractivity contribution in [1.82, 2.24) is 24.7 Å². The molecule has 0 amide bonds. The van der Waals surface area contributed by atoms with E-state index in [0.29, 0.717) is 23.1 Å². The highest BCUT2D eigenvalue weighted by Crippen LogP contribution is 2.32. The number of rotatable bonds is 4. The number of thioether (sulfide) groups is 1. The molecule has 0 fully saturated rings. The highest BCUT2D eigenvalue weighted by atomic mass is 32.2. The molecule has 0 bridgehead atoms. The van der Waals surface area contributed by atoms with E-state index in [1.807, 2.05) is 24.6 Å². The Morgan fingerprint density at radius 1 is 1.41 bits per heavy atom. The van der Waals surface area contributed by atoms with E-state index in [2.05, 4.69) is 20.2 Å². The van der Waals surface area contributed by atoms with E-state index in [9.17, 15) is 4.79 Å². The number of hydrogen-bond acceptors (Lipinski definition) is 6. The Labute approximate surface area is 130 Å². The number of H-pyrrole nitrogens is 1. The Bertz CT molecular complexity index is 837. The van der Waals surface area contributed by atoms with Gasteiger partial charge in [-0.05, 0) is 26.0 Å². The smallest absolute Gasteiger partial charge is 0.251 e. The zero-order chi connectivity index (χ0) is 15.7. The minimum absolute atomic E-state index is 0.0556. The second kappa shape index (κ2) is 5.80. The van der Waals surface area contributed by atoms with Crippen LogP contribution in [-0.4, -0.2) is 24.7 Å². The van der Waals surface area contributed by atoms with E-state index in [1.165, 1.54) is 17.8 Å². The molecule has 0 aliphatic heterocycles. The molecule has 3 heterocycles. The van der Waals surface area contributed by atoms with Crippen LogP contribution in [0.5, 0.6) is 0 Å². The summed E-state index contributed by atoms with van der Waals surface area (Å²) in [6.45, 7) is 3.76. The van der Waals surface area contributed by atoms with Crippen LogP contribution in [0.2, 0.25) is 0 Å². The Kier molecular flexibility index (Phi) is 3.84. The fourth-order valence-corrected chi connectivity index (χ4v) is 2.92. The maximum atomic E-state index is 11.5. The molecule has 0 aliphatic carbocycles. The van der Waals surface area contributed by atoms with Crippen LogP contribution in [0.25, 0.3) is 11.6 Å². The van der Waals surface area contributed by atoms with Gasteiger partial charge in [0.05, 0.1) is 11.5 Å². The van der Waals surface area contributed by atoms with Crippen molar-refractivity contribution in [2.45, 2.75) is 24.3 Å². The van der Waals surface area contributed by atoms with E-state index >= 15 is 0 Å². The van der Waals surface area contributed by atoms with Gasteiger partial charge in [0.2, 0.25) is 0 Å². The third-order valence-corrected chi connectivity index (χ3v) is 4.27. The Morgan fingerprint density at radius 3 is 2.91 bits per heavy atom. The van der Waals surface area contributed by atoms with Crippen molar-refractivity contribution in [3.8, 4) is 11.6 Å². The van der Waals surface area contributed by atoms with Gasteiger partial charge in [0.25, 0.3) is 5.56 Å². The fraction of sp³-hybridized carbons (Fsp3) is 0.286. The third kappa shape index (κ3) is 2.82. The van der Waals surface area contributed by atoms with Crippen molar-refractivity contribution in [2.24, 2.45) is 7.05 Å². The molecule has 1 atom stereocenters. The van der Waals surface area contributed by atoms with Crippen molar-refractivity contribution in [1.29, 1.82) is 0 Å². The molecule has 0 radical (unpaired) electrons. The molecule has 7 nitrogen and oxygen atoms in total. The van der Waals surface area contributed by atoms with Crippen LogP contribution in [0.4, 0.5) is 0 Å². The van der Waals surface area contributed by atoms with Gasteiger partial charge < -0.3 is 14.0 Å². The molecule has 0 aliphatic rings. The summed E-state index contributed by atoms with van der Waals surface area (Å²) in [5.74, 6) is 1.94. The van der Waals surface area contributed by atoms with Crippen molar-refractivity contribution < 1.29 is 4.42 Å². The lowest BCUT2D eigenvalue weighted by Gasteiger charge is -2.10. The fourth-order valence-electron chi connectivity index (χ4n) is 2.05. The molecule has 0 saturated heterocycles. The van der Waals surface area contributed by atoms with Crippen LogP contribution >= 0.6 is 11.8 Å². The van der Waals surface area contributed by atoms with E-state index in [0.717, 1.165) is 5.16 Å². The maximum Gasteiger partial charge on any atom is 0.251 e. The summed E-state index contributed by atoms with van der Waals surface area (Å²) in [7, 11) is 1.87. The second-order valence-corrected chi connectivity index (χ2v) is 6.18. The van der Waals surface area contributed by atoms with Crippen molar-refractivity contribution in [3.63, 3.8) is 0 Å². The summed E-state index contributed by atoms with van der Waals surface area (Å²) in [6, 6.07) is 5.11. The van der Waals surface area contributed by atoms with Gasteiger partial charge >= 0.3 is 0 Å². The van der Waals surface area contributed by atoms with Crippen LogP contribution < -0.4 is 5.56 Å². The first-order chi connectivity index (χ1) is 10.5. The van der Waals surface area contributed by atoms with Crippen molar-refractivity contribution in [2.75, 3.05) is 0 Å². The van der Waals surface area contributed by atoms with Gasteiger partial charge in [-0.15, -0.1) is 10.2 Å². The van der Waals surface area contributed by atoms with Crippen LogP contribution in [0.1, 0.15) is 23.7 Å². The lowest BCUT2D eigenvalue weighted by Crippen LogP contribution is -2.12. The largest absolute Gasteiger partial charge is 0.461 e. The van der Waals surface area contributed by atoms with Gasteiger partial charge in [0.15, 0.2) is 16.7 Å². The predicted molar refractivity (Wildman–Crippen MR) is 82.6 cm³/mol. The standard InChI is InChI=1S/C14H15N5O2S/c1-8-7-11(20)16-12(15-8)9(2)22-14-18-17-13(19(14)3)10-5-4-6-21-10/h4-7,9H,1-3H3,(H,15,16,20).